The van der Waals surface area contributed by atoms with Crippen molar-refractivity contribution in [2.75, 3.05) is 5.32 Å². The van der Waals surface area contributed by atoms with Crippen LogP contribution in [0, 0.1) is 0 Å². The topological polar surface area (TPSA) is 67.2 Å². The molecule has 0 saturated heterocycles. The molecule has 0 saturated carbocycles. The minimum Gasteiger partial charge on any atom is -0.508 e. The lowest BCUT2D eigenvalue weighted by atomic mass is 10.3. The molecule has 0 spiro atoms. The zero-order valence-corrected chi connectivity index (χ0v) is 9.77. The number of nitrogens with zero attached hydrogens (tertiary/aromatic N) is 2. The molecule has 0 bridgehead atoms. The third-order valence-electron chi connectivity index (χ3n) is 2.15. The van der Waals surface area contributed by atoms with Crippen LogP contribution >= 0.6 is 11.6 Å². The van der Waals surface area contributed by atoms with E-state index in [2.05, 4.69) is 10.4 Å². The fourth-order valence-corrected chi connectivity index (χ4v) is 1.55. The Morgan fingerprint density at radius 2 is 2.24 bits per heavy atom. The van der Waals surface area contributed by atoms with Gasteiger partial charge in [0.25, 0.3) is 5.91 Å². The summed E-state index contributed by atoms with van der Waals surface area (Å²) in [6, 6.07) is 5.93. The molecule has 0 aliphatic carbocycles. The first-order chi connectivity index (χ1) is 8.06. The van der Waals surface area contributed by atoms with E-state index in [4.69, 9.17) is 11.6 Å². The SMILES string of the molecule is Cn1ccc(C(=O)Nc2ccc(O)cc2Cl)n1. The van der Waals surface area contributed by atoms with Gasteiger partial charge in [-0.3, -0.25) is 9.48 Å². The van der Waals surface area contributed by atoms with E-state index in [1.807, 2.05) is 0 Å². The molecule has 2 aromatic rings. The van der Waals surface area contributed by atoms with Gasteiger partial charge < -0.3 is 10.4 Å². The quantitative estimate of drug-likeness (QED) is 0.803. The number of hydrogen-bond acceptors (Lipinski definition) is 3. The second-order valence-corrected chi connectivity index (χ2v) is 3.90. The number of halogens is 1. The lowest BCUT2D eigenvalue weighted by Gasteiger charge is -2.05. The maximum atomic E-state index is 11.8. The van der Waals surface area contributed by atoms with Crippen LogP contribution in [0.5, 0.6) is 5.75 Å². The molecule has 2 rings (SSSR count). The molecule has 2 N–H and O–H groups in total. The minimum atomic E-state index is -0.349. The van der Waals surface area contributed by atoms with Crippen molar-refractivity contribution in [1.29, 1.82) is 0 Å². The first kappa shape index (κ1) is 11.5. The number of carbonyl (C=O) groups is 1. The van der Waals surface area contributed by atoms with Crippen molar-refractivity contribution in [2.24, 2.45) is 7.05 Å². The summed E-state index contributed by atoms with van der Waals surface area (Å²) in [4.78, 5) is 11.8. The summed E-state index contributed by atoms with van der Waals surface area (Å²) in [5.41, 5.74) is 0.733. The maximum absolute atomic E-state index is 11.8. The second kappa shape index (κ2) is 4.47. The number of aromatic hydroxyl groups is 1. The molecular weight excluding hydrogens is 242 g/mol. The number of nitrogens with one attached hydrogen (secondary N) is 1. The number of phenolic OH excluding ortho intramolecular Hbond substituents is 1. The van der Waals surface area contributed by atoms with Crippen molar-refractivity contribution in [3.05, 3.63) is 41.2 Å². The second-order valence-electron chi connectivity index (χ2n) is 3.49. The maximum Gasteiger partial charge on any atom is 0.276 e. The molecule has 0 unspecified atom stereocenters. The van der Waals surface area contributed by atoms with E-state index in [0.29, 0.717) is 11.4 Å². The summed E-state index contributed by atoms with van der Waals surface area (Å²) < 4.78 is 1.54. The zero-order valence-electron chi connectivity index (χ0n) is 9.01. The Morgan fingerprint density at radius 3 is 2.82 bits per heavy atom. The van der Waals surface area contributed by atoms with E-state index in [9.17, 15) is 9.90 Å². The Balaban J connectivity index is 2.18. The van der Waals surface area contributed by atoms with Crippen LogP contribution in [0.15, 0.2) is 30.5 Å². The Kier molecular flexibility index (Phi) is 3.01. The molecule has 0 aliphatic heterocycles. The molecule has 0 aliphatic rings. The molecule has 88 valence electrons. The van der Waals surface area contributed by atoms with E-state index in [1.54, 1.807) is 19.3 Å². The molecule has 5 nitrogen and oxygen atoms in total. The van der Waals surface area contributed by atoms with Gasteiger partial charge in [0, 0.05) is 19.3 Å². The molecule has 17 heavy (non-hydrogen) atoms. The van der Waals surface area contributed by atoms with Crippen molar-refractivity contribution in [1.82, 2.24) is 9.78 Å². The van der Waals surface area contributed by atoms with Gasteiger partial charge in [-0.25, -0.2) is 0 Å². The molecule has 1 aromatic heterocycles. The average molecular weight is 252 g/mol. The van der Waals surface area contributed by atoms with Crippen molar-refractivity contribution in [3.63, 3.8) is 0 Å². The number of hydrogen-bond donors (Lipinski definition) is 2. The summed E-state index contributed by atoms with van der Waals surface area (Å²) >= 11 is 5.87. The van der Waals surface area contributed by atoms with E-state index < -0.39 is 0 Å². The molecule has 0 radical (unpaired) electrons. The lowest BCUT2D eigenvalue weighted by Crippen LogP contribution is -2.13. The van der Waals surface area contributed by atoms with Crippen LogP contribution in [0.4, 0.5) is 5.69 Å². The number of benzene rings is 1. The molecular formula is C11H10ClN3O2. The molecule has 1 heterocycles. The van der Waals surface area contributed by atoms with Crippen molar-refractivity contribution in [3.8, 4) is 5.75 Å². The number of anilines is 1. The third kappa shape index (κ3) is 2.57. The van der Waals surface area contributed by atoms with Gasteiger partial charge in [0.05, 0.1) is 10.7 Å². The monoisotopic (exact) mass is 251 g/mol. The smallest absolute Gasteiger partial charge is 0.276 e. The first-order valence-electron chi connectivity index (χ1n) is 4.86. The Hall–Kier alpha value is -2.01. The Morgan fingerprint density at radius 1 is 1.47 bits per heavy atom. The number of rotatable bonds is 2. The normalized spacial score (nSPS) is 10.2. The molecule has 1 amide bonds. The predicted octanol–water partition coefficient (Wildman–Crippen LogP) is 2.03. The van der Waals surface area contributed by atoms with Crippen LogP contribution in [0.2, 0.25) is 5.02 Å². The van der Waals surface area contributed by atoms with Gasteiger partial charge in [-0.2, -0.15) is 5.10 Å². The Labute approximate surface area is 103 Å². The highest BCUT2D eigenvalue weighted by Crippen LogP contribution is 2.26. The van der Waals surface area contributed by atoms with Crippen LogP contribution in [-0.4, -0.2) is 20.8 Å². The van der Waals surface area contributed by atoms with E-state index >= 15 is 0 Å². The first-order valence-corrected chi connectivity index (χ1v) is 5.23. The van der Waals surface area contributed by atoms with Gasteiger partial charge >= 0.3 is 0 Å². The average Bonchev–Trinajstić information content (AvgIpc) is 2.69. The summed E-state index contributed by atoms with van der Waals surface area (Å²) in [6.45, 7) is 0. The minimum absolute atomic E-state index is 0.0471. The summed E-state index contributed by atoms with van der Waals surface area (Å²) in [6.07, 6.45) is 1.67. The van der Waals surface area contributed by atoms with Gasteiger partial charge in [0.15, 0.2) is 5.69 Å². The van der Waals surface area contributed by atoms with Gasteiger partial charge in [-0.1, -0.05) is 11.6 Å². The fourth-order valence-electron chi connectivity index (χ4n) is 1.33. The van der Waals surface area contributed by atoms with Crippen molar-refractivity contribution < 1.29 is 9.90 Å². The van der Waals surface area contributed by atoms with Crippen LogP contribution in [-0.2, 0) is 7.05 Å². The molecule has 6 heteroatoms. The van der Waals surface area contributed by atoms with Crippen molar-refractivity contribution >= 4 is 23.2 Å². The lowest BCUT2D eigenvalue weighted by molar-refractivity contribution is 0.102. The van der Waals surface area contributed by atoms with Crippen LogP contribution < -0.4 is 5.32 Å². The highest BCUT2D eigenvalue weighted by molar-refractivity contribution is 6.34. The van der Waals surface area contributed by atoms with Crippen molar-refractivity contribution in [2.45, 2.75) is 0 Å². The predicted molar refractivity (Wildman–Crippen MR) is 64.3 cm³/mol. The molecule has 0 atom stereocenters. The van der Waals surface area contributed by atoms with Gasteiger partial charge in [-0.15, -0.1) is 0 Å². The highest BCUT2D eigenvalue weighted by atomic mass is 35.5. The van der Waals surface area contributed by atoms with E-state index in [1.165, 1.54) is 22.9 Å². The number of amides is 1. The zero-order chi connectivity index (χ0) is 12.4. The van der Waals surface area contributed by atoms with E-state index in [0.717, 1.165) is 0 Å². The van der Waals surface area contributed by atoms with Gasteiger partial charge in [0.1, 0.15) is 5.75 Å². The molecule has 1 aromatic carbocycles. The summed E-state index contributed by atoms with van der Waals surface area (Å²) in [5.74, 6) is -0.302. The standard InChI is InChI=1S/C11H10ClN3O2/c1-15-5-4-10(14-15)11(17)13-9-3-2-7(16)6-8(9)12/h2-6,16H,1H3,(H,13,17). The Bertz CT molecular complexity index is 566. The number of phenols is 1. The third-order valence-corrected chi connectivity index (χ3v) is 2.46. The highest BCUT2D eigenvalue weighted by Gasteiger charge is 2.11. The van der Waals surface area contributed by atoms with Crippen LogP contribution in [0.1, 0.15) is 10.5 Å². The number of aryl methyl sites for hydroxylation is 1. The number of aromatic nitrogens is 2. The summed E-state index contributed by atoms with van der Waals surface area (Å²) in [5, 5.41) is 16.0. The summed E-state index contributed by atoms with van der Waals surface area (Å²) in [7, 11) is 1.73. The van der Waals surface area contributed by atoms with Gasteiger partial charge in [-0.05, 0) is 18.2 Å². The van der Waals surface area contributed by atoms with Crippen LogP contribution in [0.25, 0.3) is 0 Å². The van der Waals surface area contributed by atoms with Crippen LogP contribution in [0.3, 0.4) is 0 Å². The fraction of sp³-hybridized carbons (Fsp3) is 0.0909. The van der Waals surface area contributed by atoms with E-state index in [-0.39, 0.29) is 16.7 Å². The largest absolute Gasteiger partial charge is 0.508 e. The number of carbonyl (C=O) groups excluding carboxylic acids is 1. The molecule has 0 fully saturated rings. The van der Waals surface area contributed by atoms with Gasteiger partial charge in [0.2, 0.25) is 0 Å².